The quantitative estimate of drug-likeness (QED) is 0.679. The van der Waals surface area contributed by atoms with Gasteiger partial charge < -0.3 is 4.74 Å². The standard InChI is InChI=1S/C16H18N2O2S/c1-2-10-20-16(17-12-13-7-4-3-5-8-13)18-15(19)14-9-6-11-21-14/h3-9,11H,2,10,12H2,1H3,(H,17,18,19). The number of amides is 1. The maximum absolute atomic E-state index is 12.0. The monoisotopic (exact) mass is 302 g/mol. The Morgan fingerprint density at radius 1 is 1.24 bits per heavy atom. The summed E-state index contributed by atoms with van der Waals surface area (Å²) in [6, 6.07) is 13.7. The summed E-state index contributed by atoms with van der Waals surface area (Å²) in [5, 5.41) is 4.59. The lowest BCUT2D eigenvalue weighted by Crippen LogP contribution is -2.32. The van der Waals surface area contributed by atoms with Gasteiger partial charge in [0, 0.05) is 0 Å². The molecule has 2 aromatic rings. The molecule has 0 saturated carbocycles. The van der Waals surface area contributed by atoms with E-state index < -0.39 is 0 Å². The van der Waals surface area contributed by atoms with Gasteiger partial charge in [0.15, 0.2) is 0 Å². The van der Waals surface area contributed by atoms with Crippen molar-refractivity contribution in [3.63, 3.8) is 0 Å². The largest absolute Gasteiger partial charge is 0.465 e. The van der Waals surface area contributed by atoms with E-state index in [1.807, 2.05) is 48.7 Å². The van der Waals surface area contributed by atoms with Gasteiger partial charge in [0.25, 0.3) is 11.9 Å². The third-order valence-corrected chi connectivity index (χ3v) is 3.53. The predicted octanol–water partition coefficient (Wildman–Crippen LogP) is 3.46. The van der Waals surface area contributed by atoms with Gasteiger partial charge in [0.2, 0.25) is 0 Å². The molecule has 0 unspecified atom stereocenters. The van der Waals surface area contributed by atoms with Crippen LogP contribution in [0, 0.1) is 0 Å². The molecule has 1 N–H and O–H groups in total. The van der Waals surface area contributed by atoms with Crippen molar-refractivity contribution >= 4 is 23.3 Å². The molecular formula is C16H18N2O2S. The number of carbonyl (C=O) groups excluding carboxylic acids is 1. The third kappa shape index (κ3) is 5.04. The second-order valence-corrected chi connectivity index (χ2v) is 5.33. The number of rotatable bonds is 5. The van der Waals surface area contributed by atoms with Gasteiger partial charge in [-0.1, -0.05) is 43.3 Å². The molecule has 1 aromatic heterocycles. The molecule has 0 radical (unpaired) electrons. The zero-order chi connectivity index (χ0) is 14.9. The van der Waals surface area contributed by atoms with Gasteiger partial charge in [-0.15, -0.1) is 11.3 Å². The number of ether oxygens (including phenoxy) is 1. The topological polar surface area (TPSA) is 50.7 Å². The Kier molecular flexibility index (Phi) is 5.97. The zero-order valence-electron chi connectivity index (χ0n) is 11.9. The van der Waals surface area contributed by atoms with Crippen molar-refractivity contribution in [1.29, 1.82) is 0 Å². The summed E-state index contributed by atoms with van der Waals surface area (Å²) in [4.78, 5) is 17.0. The third-order valence-electron chi connectivity index (χ3n) is 2.66. The van der Waals surface area contributed by atoms with Crippen molar-refractivity contribution in [3.05, 3.63) is 58.3 Å². The number of benzene rings is 1. The van der Waals surface area contributed by atoms with E-state index in [4.69, 9.17) is 4.74 Å². The van der Waals surface area contributed by atoms with Gasteiger partial charge in [-0.25, -0.2) is 4.99 Å². The van der Waals surface area contributed by atoms with E-state index in [2.05, 4.69) is 10.3 Å². The summed E-state index contributed by atoms with van der Waals surface area (Å²) in [6.07, 6.45) is 0.860. The molecule has 0 saturated heterocycles. The summed E-state index contributed by atoms with van der Waals surface area (Å²) >= 11 is 1.39. The summed E-state index contributed by atoms with van der Waals surface area (Å²) < 4.78 is 5.50. The highest BCUT2D eigenvalue weighted by atomic mass is 32.1. The van der Waals surface area contributed by atoms with Crippen LogP contribution in [0.1, 0.15) is 28.6 Å². The molecule has 110 valence electrons. The minimum Gasteiger partial charge on any atom is -0.465 e. The second kappa shape index (κ2) is 8.21. The molecule has 2 rings (SSSR count). The smallest absolute Gasteiger partial charge is 0.292 e. The van der Waals surface area contributed by atoms with Crippen LogP contribution in [0.5, 0.6) is 0 Å². The molecule has 0 atom stereocenters. The Hall–Kier alpha value is -2.14. The lowest BCUT2D eigenvalue weighted by Gasteiger charge is -2.09. The molecule has 1 amide bonds. The molecule has 0 spiro atoms. The first-order valence-corrected chi connectivity index (χ1v) is 7.73. The minimum absolute atomic E-state index is 0.187. The Morgan fingerprint density at radius 3 is 2.71 bits per heavy atom. The first-order valence-electron chi connectivity index (χ1n) is 6.85. The highest BCUT2D eigenvalue weighted by Crippen LogP contribution is 2.08. The van der Waals surface area contributed by atoms with E-state index in [-0.39, 0.29) is 11.9 Å². The van der Waals surface area contributed by atoms with E-state index in [0.29, 0.717) is 18.0 Å². The van der Waals surface area contributed by atoms with Crippen LogP contribution >= 0.6 is 11.3 Å². The zero-order valence-corrected chi connectivity index (χ0v) is 12.7. The first-order chi connectivity index (χ1) is 10.3. The number of amidine groups is 1. The number of aliphatic imine (C=N–C) groups is 1. The number of nitrogens with zero attached hydrogens (tertiary/aromatic N) is 1. The molecular weight excluding hydrogens is 284 g/mol. The van der Waals surface area contributed by atoms with Crippen LogP contribution in [-0.2, 0) is 11.3 Å². The maximum atomic E-state index is 12.0. The summed E-state index contributed by atoms with van der Waals surface area (Å²) in [5.74, 6) is -0.187. The SMILES string of the molecule is CCCOC(=NCc1ccccc1)NC(=O)c1cccs1. The fourth-order valence-corrected chi connectivity index (χ4v) is 2.25. The summed E-state index contributed by atoms with van der Waals surface area (Å²) in [7, 11) is 0. The van der Waals surface area contributed by atoms with Gasteiger partial charge in [0.05, 0.1) is 18.0 Å². The molecule has 1 aromatic carbocycles. The van der Waals surface area contributed by atoms with Crippen LogP contribution in [0.15, 0.2) is 52.8 Å². The fourth-order valence-electron chi connectivity index (χ4n) is 1.63. The molecule has 0 aliphatic rings. The van der Waals surface area contributed by atoms with E-state index in [9.17, 15) is 4.79 Å². The van der Waals surface area contributed by atoms with Crippen molar-refractivity contribution in [2.24, 2.45) is 4.99 Å². The first kappa shape index (κ1) is 15.3. The average Bonchev–Trinajstić information content (AvgIpc) is 3.05. The summed E-state index contributed by atoms with van der Waals surface area (Å²) in [6.45, 7) is 3.01. The number of hydrogen-bond acceptors (Lipinski definition) is 4. The van der Waals surface area contributed by atoms with Gasteiger partial charge >= 0.3 is 0 Å². The predicted molar refractivity (Wildman–Crippen MR) is 85.6 cm³/mol. The Labute approximate surface area is 128 Å². The van der Waals surface area contributed by atoms with Crippen LogP contribution in [0.2, 0.25) is 0 Å². The Balaban J connectivity index is 2.01. The molecule has 0 fully saturated rings. The highest BCUT2D eigenvalue weighted by molar-refractivity contribution is 7.12. The normalized spacial score (nSPS) is 11.2. The number of thiophene rings is 1. The van der Waals surface area contributed by atoms with Crippen molar-refractivity contribution in [3.8, 4) is 0 Å². The van der Waals surface area contributed by atoms with Crippen LogP contribution in [-0.4, -0.2) is 18.5 Å². The van der Waals surface area contributed by atoms with Gasteiger partial charge in [-0.3, -0.25) is 10.1 Å². The molecule has 21 heavy (non-hydrogen) atoms. The van der Waals surface area contributed by atoms with Gasteiger partial charge in [-0.2, -0.15) is 0 Å². The molecule has 4 nitrogen and oxygen atoms in total. The van der Waals surface area contributed by atoms with Crippen molar-refractivity contribution < 1.29 is 9.53 Å². The van der Waals surface area contributed by atoms with Crippen LogP contribution in [0.25, 0.3) is 0 Å². The van der Waals surface area contributed by atoms with E-state index in [0.717, 1.165) is 12.0 Å². The van der Waals surface area contributed by atoms with E-state index in [1.54, 1.807) is 6.07 Å². The lowest BCUT2D eigenvalue weighted by atomic mass is 10.2. The Bertz CT molecular complexity index is 580. The molecule has 0 aliphatic carbocycles. The molecule has 5 heteroatoms. The molecule has 0 aliphatic heterocycles. The van der Waals surface area contributed by atoms with Gasteiger partial charge in [-0.05, 0) is 23.4 Å². The molecule has 1 heterocycles. The highest BCUT2D eigenvalue weighted by Gasteiger charge is 2.10. The summed E-state index contributed by atoms with van der Waals surface area (Å²) in [5.41, 5.74) is 1.07. The van der Waals surface area contributed by atoms with E-state index >= 15 is 0 Å². The average molecular weight is 302 g/mol. The molecule has 0 bridgehead atoms. The fraction of sp³-hybridized carbons (Fsp3) is 0.250. The van der Waals surface area contributed by atoms with E-state index in [1.165, 1.54) is 11.3 Å². The van der Waals surface area contributed by atoms with Crippen molar-refractivity contribution in [1.82, 2.24) is 5.32 Å². The second-order valence-electron chi connectivity index (χ2n) is 4.39. The number of hydrogen-bond donors (Lipinski definition) is 1. The lowest BCUT2D eigenvalue weighted by molar-refractivity contribution is 0.0969. The van der Waals surface area contributed by atoms with Gasteiger partial charge in [0.1, 0.15) is 0 Å². The van der Waals surface area contributed by atoms with Crippen molar-refractivity contribution in [2.45, 2.75) is 19.9 Å². The number of nitrogens with one attached hydrogen (secondary N) is 1. The van der Waals surface area contributed by atoms with Crippen LogP contribution in [0.4, 0.5) is 0 Å². The minimum atomic E-state index is -0.187. The maximum Gasteiger partial charge on any atom is 0.292 e. The van der Waals surface area contributed by atoms with Crippen LogP contribution < -0.4 is 5.32 Å². The van der Waals surface area contributed by atoms with Crippen molar-refractivity contribution in [2.75, 3.05) is 6.61 Å². The number of carbonyl (C=O) groups is 1. The Morgan fingerprint density at radius 2 is 2.05 bits per heavy atom. The van der Waals surface area contributed by atoms with Crippen LogP contribution in [0.3, 0.4) is 0 Å².